The maximum atomic E-state index is 5.57. The molecule has 0 spiro atoms. The van der Waals surface area contributed by atoms with Crippen molar-refractivity contribution in [1.82, 2.24) is 9.47 Å². The molecule has 0 saturated carbocycles. The summed E-state index contributed by atoms with van der Waals surface area (Å²) in [6, 6.07) is 8.26. The Morgan fingerprint density at radius 1 is 1.24 bits per heavy atom. The van der Waals surface area contributed by atoms with E-state index in [2.05, 4.69) is 35.7 Å². The van der Waals surface area contributed by atoms with Gasteiger partial charge in [-0.1, -0.05) is 12.1 Å². The molecule has 0 unspecified atom stereocenters. The van der Waals surface area contributed by atoms with Crippen LogP contribution >= 0.6 is 0 Å². The van der Waals surface area contributed by atoms with E-state index in [1.54, 1.807) is 0 Å². The van der Waals surface area contributed by atoms with E-state index in [1.165, 1.54) is 5.52 Å². The number of likely N-dealkylation sites (N-methyl/N-ethyl adjacent to an activating group) is 1. The van der Waals surface area contributed by atoms with E-state index < -0.39 is 0 Å². The maximum Gasteiger partial charge on any atom is 0.241 e. The van der Waals surface area contributed by atoms with Crippen LogP contribution in [0.2, 0.25) is 0 Å². The predicted molar refractivity (Wildman–Crippen MR) is 66.6 cm³/mol. The molecular formula is C13H16N2O2. The first-order chi connectivity index (χ1) is 8.27. The van der Waals surface area contributed by atoms with Crippen molar-refractivity contribution in [2.24, 2.45) is 0 Å². The Balaban J connectivity index is 2.09. The van der Waals surface area contributed by atoms with Crippen molar-refractivity contribution in [3.63, 3.8) is 0 Å². The number of nitrogens with zero attached hydrogens (tertiary/aromatic N) is 2. The number of rotatable bonds is 3. The third-order valence-electron chi connectivity index (χ3n) is 3.05. The molecule has 1 aromatic carbocycles. The molecule has 3 rings (SSSR count). The van der Waals surface area contributed by atoms with Crippen LogP contribution in [-0.2, 0) is 6.54 Å². The van der Waals surface area contributed by atoms with E-state index >= 15 is 0 Å². The number of ether oxygens (including phenoxy) is 2. The van der Waals surface area contributed by atoms with Gasteiger partial charge < -0.3 is 18.9 Å². The summed E-state index contributed by atoms with van der Waals surface area (Å²) in [6.45, 7) is 2.22. The molecule has 1 aliphatic rings. The standard InChI is InChI=1S/C13H16N2O2/c1-14(2)7-8-15-11-6-4-3-5-10(11)12-13(15)17-9-16-12/h3-6H,7-9H2,1-2H3. The highest BCUT2D eigenvalue weighted by molar-refractivity contribution is 5.90. The van der Waals surface area contributed by atoms with Gasteiger partial charge in [0.2, 0.25) is 12.7 Å². The molecule has 0 atom stereocenters. The van der Waals surface area contributed by atoms with Crippen LogP contribution in [0.1, 0.15) is 0 Å². The summed E-state index contributed by atoms with van der Waals surface area (Å²) >= 11 is 0. The first-order valence-corrected chi connectivity index (χ1v) is 5.79. The second-order valence-electron chi connectivity index (χ2n) is 4.51. The average Bonchev–Trinajstić information content (AvgIpc) is 2.87. The van der Waals surface area contributed by atoms with Crippen molar-refractivity contribution in [1.29, 1.82) is 0 Å². The molecule has 1 aromatic heterocycles. The van der Waals surface area contributed by atoms with Gasteiger partial charge in [0.15, 0.2) is 5.75 Å². The lowest BCUT2D eigenvalue weighted by atomic mass is 10.2. The molecule has 90 valence electrons. The van der Waals surface area contributed by atoms with Crippen LogP contribution in [0.3, 0.4) is 0 Å². The zero-order valence-electron chi connectivity index (χ0n) is 10.1. The molecule has 0 fully saturated rings. The first kappa shape index (κ1) is 10.5. The topological polar surface area (TPSA) is 26.6 Å². The Morgan fingerprint density at radius 3 is 2.88 bits per heavy atom. The van der Waals surface area contributed by atoms with Gasteiger partial charge in [-0.05, 0) is 26.2 Å². The van der Waals surface area contributed by atoms with Gasteiger partial charge in [0.1, 0.15) is 0 Å². The molecule has 0 radical (unpaired) electrons. The lowest BCUT2D eigenvalue weighted by Gasteiger charge is -2.12. The fraction of sp³-hybridized carbons (Fsp3) is 0.385. The summed E-state index contributed by atoms with van der Waals surface area (Å²) in [5.41, 5.74) is 1.18. The molecule has 1 aliphatic heterocycles. The smallest absolute Gasteiger partial charge is 0.241 e. The van der Waals surface area contributed by atoms with Crippen LogP contribution in [0.4, 0.5) is 0 Å². The van der Waals surface area contributed by atoms with Gasteiger partial charge in [-0.15, -0.1) is 0 Å². The summed E-state index contributed by atoms with van der Waals surface area (Å²) in [5, 5.41) is 1.14. The van der Waals surface area contributed by atoms with Gasteiger partial charge in [0, 0.05) is 18.5 Å². The van der Waals surface area contributed by atoms with E-state index in [9.17, 15) is 0 Å². The Morgan fingerprint density at radius 2 is 2.06 bits per heavy atom. The molecule has 4 heteroatoms. The Labute approximate surface area is 100 Å². The largest absolute Gasteiger partial charge is 0.451 e. The van der Waals surface area contributed by atoms with E-state index in [0.29, 0.717) is 6.79 Å². The van der Waals surface area contributed by atoms with E-state index in [4.69, 9.17) is 9.47 Å². The van der Waals surface area contributed by atoms with Gasteiger partial charge in [0.25, 0.3) is 0 Å². The number of benzene rings is 1. The Bertz CT molecular complexity index is 546. The van der Waals surface area contributed by atoms with E-state index in [0.717, 1.165) is 30.1 Å². The van der Waals surface area contributed by atoms with Crippen molar-refractivity contribution in [2.45, 2.75) is 6.54 Å². The van der Waals surface area contributed by atoms with Crippen LogP contribution in [0.25, 0.3) is 10.9 Å². The minimum Gasteiger partial charge on any atom is -0.451 e. The second kappa shape index (κ2) is 3.96. The van der Waals surface area contributed by atoms with E-state index in [-0.39, 0.29) is 0 Å². The zero-order chi connectivity index (χ0) is 11.8. The summed E-state index contributed by atoms with van der Waals surface area (Å²) in [7, 11) is 4.15. The highest BCUT2D eigenvalue weighted by Gasteiger charge is 2.24. The monoisotopic (exact) mass is 232 g/mol. The zero-order valence-corrected chi connectivity index (χ0v) is 10.1. The van der Waals surface area contributed by atoms with Gasteiger partial charge in [-0.3, -0.25) is 0 Å². The first-order valence-electron chi connectivity index (χ1n) is 5.79. The lowest BCUT2D eigenvalue weighted by Crippen LogP contribution is -2.18. The van der Waals surface area contributed by atoms with Crippen molar-refractivity contribution in [2.75, 3.05) is 27.4 Å². The normalized spacial score (nSPS) is 13.8. The van der Waals surface area contributed by atoms with Crippen LogP contribution in [-0.4, -0.2) is 36.9 Å². The van der Waals surface area contributed by atoms with Crippen LogP contribution < -0.4 is 9.47 Å². The van der Waals surface area contributed by atoms with Gasteiger partial charge in [0.05, 0.1) is 5.52 Å². The highest BCUT2D eigenvalue weighted by atomic mass is 16.7. The molecular weight excluding hydrogens is 216 g/mol. The van der Waals surface area contributed by atoms with E-state index in [1.807, 2.05) is 12.1 Å². The highest BCUT2D eigenvalue weighted by Crippen LogP contribution is 2.42. The quantitative estimate of drug-likeness (QED) is 0.809. The third kappa shape index (κ3) is 1.65. The molecule has 2 aromatic rings. The third-order valence-corrected chi connectivity index (χ3v) is 3.05. The number of fused-ring (bicyclic) bond motifs is 3. The van der Waals surface area contributed by atoms with Gasteiger partial charge in [-0.2, -0.15) is 0 Å². The van der Waals surface area contributed by atoms with Crippen LogP contribution in [0, 0.1) is 0 Å². The summed E-state index contributed by atoms with van der Waals surface area (Å²) in [6.07, 6.45) is 0. The fourth-order valence-corrected chi connectivity index (χ4v) is 2.20. The van der Waals surface area contributed by atoms with Gasteiger partial charge in [-0.25, -0.2) is 0 Å². The Kier molecular flexibility index (Phi) is 2.44. The Hall–Kier alpha value is -1.68. The molecule has 4 nitrogen and oxygen atoms in total. The molecule has 2 heterocycles. The number of hydrogen-bond acceptors (Lipinski definition) is 3. The van der Waals surface area contributed by atoms with Crippen LogP contribution in [0.5, 0.6) is 11.6 Å². The predicted octanol–water partition coefficient (Wildman–Crippen LogP) is 1.93. The molecule has 0 amide bonds. The molecule has 0 aliphatic carbocycles. The number of hydrogen-bond donors (Lipinski definition) is 0. The minimum atomic E-state index is 0.331. The average molecular weight is 232 g/mol. The molecule has 0 bridgehead atoms. The molecule has 17 heavy (non-hydrogen) atoms. The second-order valence-corrected chi connectivity index (χ2v) is 4.51. The minimum absolute atomic E-state index is 0.331. The van der Waals surface area contributed by atoms with Crippen molar-refractivity contribution in [3.05, 3.63) is 24.3 Å². The SMILES string of the molecule is CN(C)CCn1c2c(c3ccccc31)OCO2. The number of para-hydroxylation sites is 1. The van der Waals surface area contributed by atoms with Crippen LogP contribution in [0.15, 0.2) is 24.3 Å². The number of aromatic nitrogens is 1. The molecule has 0 N–H and O–H groups in total. The molecule has 0 saturated heterocycles. The van der Waals surface area contributed by atoms with Crippen molar-refractivity contribution in [3.8, 4) is 11.6 Å². The summed E-state index contributed by atoms with van der Waals surface area (Å²) < 4.78 is 13.3. The lowest BCUT2D eigenvalue weighted by molar-refractivity contribution is 0.166. The maximum absolute atomic E-state index is 5.57. The summed E-state index contributed by atoms with van der Waals surface area (Å²) in [5.74, 6) is 1.76. The summed E-state index contributed by atoms with van der Waals surface area (Å²) in [4.78, 5) is 2.16. The van der Waals surface area contributed by atoms with Crippen molar-refractivity contribution < 1.29 is 9.47 Å². The van der Waals surface area contributed by atoms with Crippen molar-refractivity contribution >= 4 is 10.9 Å². The van der Waals surface area contributed by atoms with Gasteiger partial charge >= 0.3 is 0 Å². The fourth-order valence-electron chi connectivity index (χ4n) is 2.20.